The SMILES string of the molecule is CCC(C)(F)F.O=C(O)C1(COc2cc3c(nc2SC2CC(F)(F)C2)N(c2cccc(F)c2)CCCS3)CC1. The number of nitrogens with zero attached hydrogens (tertiary/aromatic N) is 2. The molecule has 0 saturated heterocycles. The lowest BCUT2D eigenvalue weighted by molar-refractivity contribution is -0.144. The fraction of sp³-hybridized carbons (Fsp3) is 0.556. The number of aliphatic carboxylic acids is 1. The first-order valence-electron chi connectivity index (χ1n) is 12.8. The van der Waals surface area contributed by atoms with E-state index in [0.717, 1.165) is 24.0 Å². The third-order valence-electron chi connectivity index (χ3n) is 6.82. The molecule has 3 aliphatic rings. The minimum absolute atomic E-state index is 0.0233. The lowest BCUT2D eigenvalue weighted by Crippen LogP contribution is -2.37. The van der Waals surface area contributed by atoms with Gasteiger partial charge in [0.1, 0.15) is 28.7 Å². The summed E-state index contributed by atoms with van der Waals surface area (Å²) < 4.78 is 69.7. The number of benzene rings is 1. The maximum atomic E-state index is 13.9. The average Bonchev–Trinajstić information content (AvgIpc) is 3.66. The van der Waals surface area contributed by atoms with Crippen molar-refractivity contribution in [2.45, 2.75) is 79.4 Å². The van der Waals surface area contributed by atoms with Crippen molar-refractivity contribution < 1.29 is 36.6 Å². The molecule has 5 rings (SSSR count). The van der Waals surface area contributed by atoms with Crippen LogP contribution in [0.3, 0.4) is 0 Å². The standard InChI is InChI=1S/C23H23F3N2O3S2.C4H8F2/c24-14-3-1-4-15(9-14)28-7-2-8-32-18-10-17(31-13-22(5-6-22)21(29)30)20(27-19(18)28)33-16-11-23(25,26)12-16;1-3-4(2,5)6/h1,3-4,9-10,16H,2,5-8,11-13H2,(H,29,30);3H2,1-2H3. The second-order valence-electron chi connectivity index (χ2n) is 10.2. The Morgan fingerprint density at radius 2 is 1.97 bits per heavy atom. The maximum absolute atomic E-state index is 13.9. The molecule has 0 radical (unpaired) electrons. The molecule has 2 aliphatic carbocycles. The van der Waals surface area contributed by atoms with E-state index in [4.69, 9.17) is 9.72 Å². The van der Waals surface area contributed by atoms with Crippen LogP contribution in [0.5, 0.6) is 5.75 Å². The van der Waals surface area contributed by atoms with E-state index in [-0.39, 0.29) is 36.9 Å². The second kappa shape index (κ2) is 11.7. The summed E-state index contributed by atoms with van der Waals surface area (Å²) in [4.78, 5) is 19.2. The van der Waals surface area contributed by atoms with Crippen LogP contribution in [0.4, 0.5) is 33.5 Å². The number of carboxylic acid groups (broad SMARTS) is 1. The van der Waals surface area contributed by atoms with Gasteiger partial charge in [-0.15, -0.1) is 11.8 Å². The van der Waals surface area contributed by atoms with Crippen molar-refractivity contribution in [1.29, 1.82) is 0 Å². The Hall–Kier alpha value is -2.21. The molecule has 0 spiro atoms. The number of hydrogen-bond donors (Lipinski definition) is 1. The van der Waals surface area contributed by atoms with Gasteiger partial charge in [0.15, 0.2) is 5.75 Å². The van der Waals surface area contributed by atoms with Crippen molar-refractivity contribution in [2.24, 2.45) is 5.41 Å². The fourth-order valence-corrected chi connectivity index (χ4v) is 6.29. The monoisotopic (exact) mass is 590 g/mol. The summed E-state index contributed by atoms with van der Waals surface area (Å²) in [6.45, 7) is 3.03. The number of aromatic nitrogens is 1. The number of pyridine rings is 1. The Bertz CT molecular complexity index is 1180. The van der Waals surface area contributed by atoms with Crippen LogP contribution >= 0.6 is 23.5 Å². The zero-order valence-electron chi connectivity index (χ0n) is 21.7. The van der Waals surface area contributed by atoms with Gasteiger partial charge in [0, 0.05) is 42.8 Å². The molecule has 214 valence electrons. The average molecular weight is 591 g/mol. The molecule has 2 fully saturated rings. The van der Waals surface area contributed by atoms with Crippen LogP contribution in [0.1, 0.15) is 52.4 Å². The predicted molar refractivity (Wildman–Crippen MR) is 143 cm³/mol. The number of carboxylic acids is 1. The third-order valence-corrected chi connectivity index (χ3v) is 9.11. The quantitative estimate of drug-likeness (QED) is 0.312. The van der Waals surface area contributed by atoms with Gasteiger partial charge in [0.05, 0.1) is 4.90 Å². The van der Waals surface area contributed by atoms with Gasteiger partial charge in [0.2, 0.25) is 11.8 Å². The van der Waals surface area contributed by atoms with Gasteiger partial charge in [-0.05, 0) is 50.1 Å². The van der Waals surface area contributed by atoms with Gasteiger partial charge in [-0.25, -0.2) is 26.9 Å². The Balaban J connectivity index is 0.000000531. The first kappa shape index (κ1) is 29.8. The Morgan fingerprint density at radius 1 is 1.28 bits per heavy atom. The number of anilines is 2. The number of alkyl halides is 4. The van der Waals surface area contributed by atoms with Crippen molar-refractivity contribution in [3.63, 3.8) is 0 Å². The zero-order valence-corrected chi connectivity index (χ0v) is 23.3. The summed E-state index contributed by atoms with van der Waals surface area (Å²) in [5.41, 5.74) is -0.201. The Labute approximate surface area is 232 Å². The largest absolute Gasteiger partial charge is 0.490 e. The molecule has 2 heterocycles. The Morgan fingerprint density at radius 3 is 2.54 bits per heavy atom. The van der Waals surface area contributed by atoms with Crippen molar-refractivity contribution >= 4 is 41.0 Å². The molecule has 1 aliphatic heterocycles. The molecule has 5 nitrogen and oxygen atoms in total. The highest BCUT2D eigenvalue weighted by Gasteiger charge is 2.51. The molecule has 1 aromatic carbocycles. The van der Waals surface area contributed by atoms with Crippen LogP contribution in [0, 0.1) is 11.2 Å². The normalized spacial score (nSPS) is 19.6. The molecule has 39 heavy (non-hydrogen) atoms. The van der Waals surface area contributed by atoms with E-state index in [1.807, 2.05) is 17.0 Å². The van der Waals surface area contributed by atoms with E-state index in [9.17, 15) is 31.9 Å². The van der Waals surface area contributed by atoms with Gasteiger partial charge in [-0.1, -0.05) is 24.8 Å². The molecule has 0 atom stereocenters. The number of carbonyl (C=O) groups is 1. The fourth-order valence-electron chi connectivity index (χ4n) is 3.98. The van der Waals surface area contributed by atoms with Crippen molar-refractivity contribution in [2.75, 3.05) is 23.8 Å². The highest BCUT2D eigenvalue weighted by molar-refractivity contribution is 8.00. The molecular weight excluding hydrogens is 559 g/mol. The van der Waals surface area contributed by atoms with Crippen LogP contribution < -0.4 is 9.64 Å². The van der Waals surface area contributed by atoms with Crippen molar-refractivity contribution in [3.8, 4) is 5.75 Å². The number of ether oxygens (including phenoxy) is 1. The van der Waals surface area contributed by atoms with Crippen LogP contribution in [0.25, 0.3) is 0 Å². The number of fused-ring (bicyclic) bond motifs is 1. The predicted octanol–water partition coefficient (Wildman–Crippen LogP) is 8.04. The molecule has 0 bridgehead atoms. The molecule has 2 saturated carbocycles. The van der Waals surface area contributed by atoms with Gasteiger partial charge in [0.25, 0.3) is 0 Å². The summed E-state index contributed by atoms with van der Waals surface area (Å²) >= 11 is 2.85. The summed E-state index contributed by atoms with van der Waals surface area (Å²) in [5, 5.41) is 9.67. The van der Waals surface area contributed by atoms with Crippen molar-refractivity contribution in [3.05, 3.63) is 36.1 Å². The minimum atomic E-state index is -2.66. The van der Waals surface area contributed by atoms with E-state index < -0.39 is 23.2 Å². The lowest BCUT2D eigenvalue weighted by atomic mass is 9.94. The lowest BCUT2D eigenvalue weighted by Gasteiger charge is -2.34. The van der Waals surface area contributed by atoms with Crippen LogP contribution in [0.2, 0.25) is 0 Å². The summed E-state index contributed by atoms with van der Waals surface area (Å²) in [6.07, 6.45) is 1.45. The minimum Gasteiger partial charge on any atom is -0.490 e. The van der Waals surface area contributed by atoms with E-state index in [2.05, 4.69) is 0 Å². The van der Waals surface area contributed by atoms with Gasteiger partial charge in [-0.3, -0.25) is 4.79 Å². The highest BCUT2D eigenvalue weighted by atomic mass is 32.2. The molecular formula is C27H31F5N2O3S2. The third kappa shape index (κ3) is 7.71. The second-order valence-corrected chi connectivity index (χ2v) is 12.7. The molecule has 1 N–H and O–H groups in total. The van der Waals surface area contributed by atoms with E-state index in [1.165, 1.54) is 30.8 Å². The van der Waals surface area contributed by atoms with Gasteiger partial charge < -0.3 is 14.7 Å². The van der Waals surface area contributed by atoms with E-state index in [0.29, 0.717) is 41.7 Å². The highest BCUT2D eigenvalue weighted by Crippen LogP contribution is 2.51. The number of rotatable bonds is 8. The Kier molecular flexibility index (Phi) is 8.95. The molecule has 2 aromatic rings. The topological polar surface area (TPSA) is 62.7 Å². The smallest absolute Gasteiger partial charge is 0.313 e. The summed E-state index contributed by atoms with van der Waals surface area (Å²) in [7, 11) is 0. The van der Waals surface area contributed by atoms with Crippen molar-refractivity contribution in [1.82, 2.24) is 4.98 Å². The van der Waals surface area contributed by atoms with Crippen LogP contribution in [0.15, 0.2) is 40.3 Å². The number of thioether (sulfide) groups is 2. The number of hydrogen-bond acceptors (Lipinski definition) is 6. The molecule has 0 unspecified atom stereocenters. The molecule has 0 amide bonds. The zero-order chi connectivity index (χ0) is 28.4. The first-order chi connectivity index (χ1) is 18.3. The van der Waals surface area contributed by atoms with E-state index >= 15 is 0 Å². The first-order valence-corrected chi connectivity index (χ1v) is 14.7. The van der Waals surface area contributed by atoms with Gasteiger partial charge >= 0.3 is 5.97 Å². The van der Waals surface area contributed by atoms with Crippen LogP contribution in [-0.4, -0.2) is 52.1 Å². The summed E-state index contributed by atoms with van der Waals surface area (Å²) in [6, 6.07) is 8.14. The summed E-state index contributed by atoms with van der Waals surface area (Å²) in [5.74, 6) is -4.45. The maximum Gasteiger partial charge on any atom is 0.313 e. The van der Waals surface area contributed by atoms with E-state index in [1.54, 1.807) is 17.8 Å². The molecule has 1 aromatic heterocycles. The van der Waals surface area contributed by atoms with Gasteiger partial charge in [-0.2, -0.15) is 0 Å². The van der Waals surface area contributed by atoms with Crippen LogP contribution in [-0.2, 0) is 4.79 Å². The molecule has 12 heteroatoms. The number of halogens is 5.